The lowest BCUT2D eigenvalue weighted by Crippen LogP contribution is -2.40. The van der Waals surface area contributed by atoms with Gasteiger partial charge in [-0.2, -0.15) is 0 Å². The van der Waals surface area contributed by atoms with E-state index in [9.17, 15) is 0 Å². The van der Waals surface area contributed by atoms with E-state index in [1.54, 1.807) is 0 Å². The molecule has 0 spiro atoms. The Bertz CT molecular complexity index is 145. The van der Waals surface area contributed by atoms with E-state index in [0.29, 0.717) is 0 Å². The molecule has 2 aliphatic rings. The third kappa shape index (κ3) is 1.82. The zero-order chi connectivity index (χ0) is 8.44. The molecule has 0 bridgehead atoms. The van der Waals surface area contributed by atoms with E-state index in [1.165, 1.54) is 51.5 Å². The molecule has 12 heavy (non-hydrogen) atoms. The highest BCUT2D eigenvalue weighted by Gasteiger charge is 2.36. The molecule has 2 rings (SSSR count). The Kier molecular flexibility index (Phi) is 2.40. The van der Waals surface area contributed by atoms with Crippen molar-refractivity contribution in [1.82, 2.24) is 5.32 Å². The van der Waals surface area contributed by atoms with E-state index < -0.39 is 0 Å². The summed E-state index contributed by atoms with van der Waals surface area (Å²) in [6, 6.07) is 0.902. The van der Waals surface area contributed by atoms with Crippen molar-refractivity contribution in [1.29, 1.82) is 0 Å². The summed E-state index contributed by atoms with van der Waals surface area (Å²) in [7, 11) is 0. The van der Waals surface area contributed by atoms with Gasteiger partial charge in [0.05, 0.1) is 0 Å². The van der Waals surface area contributed by atoms with Crippen LogP contribution in [0.2, 0.25) is 0 Å². The lowest BCUT2D eigenvalue weighted by Gasteiger charge is -2.42. The van der Waals surface area contributed by atoms with Crippen LogP contribution in [0, 0.1) is 5.41 Å². The second-order valence-corrected chi connectivity index (χ2v) is 4.76. The molecular formula is C11H21N. The van der Waals surface area contributed by atoms with E-state index in [0.717, 1.165) is 11.5 Å². The summed E-state index contributed by atoms with van der Waals surface area (Å²) < 4.78 is 0. The predicted molar refractivity (Wildman–Crippen MR) is 52.2 cm³/mol. The smallest absolute Gasteiger partial charge is 0.00684 e. The van der Waals surface area contributed by atoms with Crippen molar-refractivity contribution in [2.45, 2.75) is 57.9 Å². The third-order valence-corrected chi connectivity index (χ3v) is 3.54. The molecule has 0 aliphatic heterocycles. The van der Waals surface area contributed by atoms with Gasteiger partial charge in [0.15, 0.2) is 0 Å². The Morgan fingerprint density at radius 2 is 2.08 bits per heavy atom. The largest absolute Gasteiger partial charge is 0.313 e. The Hall–Kier alpha value is -0.0400. The second kappa shape index (κ2) is 3.37. The van der Waals surface area contributed by atoms with Crippen LogP contribution in [0.4, 0.5) is 0 Å². The van der Waals surface area contributed by atoms with Crippen LogP contribution in [0.15, 0.2) is 0 Å². The van der Waals surface area contributed by atoms with E-state index >= 15 is 0 Å². The van der Waals surface area contributed by atoms with Crippen molar-refractivity contribution in [3.63, 3.8) is 0 Å². The zero-order valence-corrected chi connectivity index (χ0v) is 8.23. The Balaban J connectivity index is 1.72. The highest BCUT2D eigenvalue weighted by molar-refractivity contribution is 4.92. The molecule has 0 radical (unpaired) electrons. The number of nitrogens with one attached hydrogen (secondary N) is 1. The van der Waals surface area contributed by atoms with Gasteiger partial charge < -0.3 is 5.32 Å². The molecule has 1 nitrogen and oxygen atoms in total. The summed E-state index contributed by atoms with van der Waals surface area (Å²) in [4.78, 5) is 0. The monoisotopic (exact) mass is 167 g/mol. The molecule has 0 aromatic rings. The maximum absolute atomic E-state index is 3.68. The predicted octanol–water partition coefficient (Wildman–Crippen LogP) is 2.71. The quantitative estimate of drug-likeness (QED) is 0.664. The summed E-state index contributed by atoms with van der Waals surface area (Å²) in [5.41, 5.74) is 0.733. The van der Waals surface area contributed by atoms with E-state index in [1.807, 2.05) is 0 Å². The Morgan fingerprint density at radius 1 is 1.33 bits per heavy atom. The standard InChI is InChI=1S/C11H21N/c1-2-6-11(7-3-8-11)9-12-10-4-5-10/h10,12H,2-9H2,1H3. The topological polar surface area (TPSA) is 12.0 Å². The second-order valence-electron chi connectivity index (χ2n) is 4.76. The highest BCUT2D eigenvalue weighted by Crippen LogP contribution is 2.44. The number of hydrogen-bond donors (Lipinski definition) is 1. The summed E-state index contributed by atoms with van der Waals surface area (Å²) in [5.74, 6) is 0. The zero-order valence-electron chi connectivity index (χ0n) is 8.23. The minimum atomic E-state index is 0.733. The molecule has 0 amide bonds. The van der Waals surface area contributed by atoms with Gasteiger partial charge in [-0.05, 0) is 37.5 Å². The van der Waals surface area contributed by atoms with E-state index in [4.69, 9.17) is 0 Å². The first kappa shape index (κ1) is 8.55. The van der Waals surface area contributed by atoms with E-state index in [-0.39, 0.29) is 0 Å². The fourth-order valence-electron chi connectivity index (χ4n) is 2.37. The van der Waals surface area contributed by atoms with Crippen LogP contribution >= 0.6 is 0 Å². The summed E-state index contributed by atoms with van der Waals surface area (Å²) in [6.45, 7) is 3.63. The van der Waals surface area contributed by atoms with E-state index in [2.05, 4.69) is 12.2 Å². The molecule has 2 fully saturated rings. The van der Waals surface area contributed by atoms with Gasteiger partial charge in [-0.3, -0.25) is 0 Å². The van der Waals surface area contributed by atoms with Crippen LogP contribution in [0.5, 0.6) is 0 Å². The Morgan fingerprint density at radius 3 is 2.50 bits per heavy atom. The van der Waals surface area contributed by atoms with Gasteiger partial charge in [-0.1, -0.05) is 19.8 Å². The highest BCUT2D eigenvalue weighted by atomic mass is 15.0. The van der Waals surface area contributed by atoms with Crippen LogP contribution in [-0.2, 0) is 0 Å². The fraction of sp³-hybridized carbons (Fsp3) is 1.00. The minimum Gasteiger partial charge on any atom is -0.313 e. The van der Waals surface area contributed by atoms with Gasteiger partial charge in [-0.25, -0.2) is 0 Å². The average molecular weight is 167 g/mol. The minimum absolute atomic E-state index is 0.733. The van der Waals surface area contributed by atoms with Crippen molar-refractivity contribution >= 4 is 0 Å². The van der Waals surface area contributed by atoms with Crippen LogP contribution in [0.3, 0.4) is 0 Å². The first-order chi connectivity index (χ1) is 5.85. The van der Waals surface area contributed by atoms with Crippen LogP contribution in [0.1, 0.15) is 51.9 Å². The Labute approximate surface area is 75.9 Å². The maximum atomic E-state index is 3.68. The lowest BCUT2D eigenvalue weighted by molar-refractivity contribution is 0.115. The summed E-state index contributed by atoms with van der Waals surface area (Å²) >= 11 is 0. The first-order valence-corrected chi connectivity index (χ1v) is 5.58. The molecule has 0 aromatic heterocycles. The van der Waals surface area contributed by atoms with Crippen molar-refractivity contribution in [2.24, 2.45) is 5.41 Å². The molecule has 0 heterocycles. The molecule has 0 saturated heterocycles. The van der Waals surface area contributed by atoms with Gasteiger partial charge in [0, 0.05) is 12.6 Å². The van der Waals surface area contributed by atoms with Gasteiger partial charge in [0.2, 0.25) is 0 Å². The van der Waals surface area contributed by atoms with Crippen molar-refractivity contribution in [2.75, 3.05) is 6.54 Å². The van der Waals surface area contributed by atoms with Crippen LogP contribution in [-0.4, -0.2) is 12.6 Å². The summed E-state index contributed by atoms with van der Waals surface area (Å²) in [5, 5.41) is 3.68. The number of rotatable bonds is 5. The maximum Gasteiger partial charge on any atom is 0.00684 e. The SMILES string of the molecule is CCCC1(CNC2CC2)CCC1. The normalized spacial score (nSPS) is 26.8. The van der Waals surface area contributed by atoms with Crippen LogP contribution < -0.4 is 5.32 Å². The van der Waals surface area contributed by atoms with Crippen molar-refractivity contribution in [3.8, 4) is 0 Å². The van der Waals surface area contributed by atoms with Crippen molar-refractivity contribution < 1.29 is 0 Å². The molecule has 2 aliphatic carbocycles. The van der Waals surface area contributed by atoms with Crippen LogP contribution in [0.25, 0.3) is 0 Å². The fourth-order valence-corrected chi connectivity index (χ4v) is 2.37. The summed E-state index contributed by atoms with van der Waals surface area (Å²) in [6.07, 6.45) is 10.1. The molecule has 1 heteroatoms. The molecule has 70 valence electrons. The molecule has 0 unspecified atom stereocenters. The first-order valence-electron chi connectivity index (χ1n) is 5.58. The molecule has 0 atom stereocenters. The molecule has 1 N–H and O–H groups in total. The van der Waals surface area contributed by atoms with Gasteiger partial charge in [-0.15, -0.1) is 0 Å². The molecule has 0 aromatic carbocycles. The third-order valence-electron chi connectivity index (χ3n) is 3.54. The average Bonchev–Trinajstić information content (AvgIpc) is 2.77. The molecular weight excluding hydrogens is 146 g/mol. The van der Waals surface area contributed by atoms with Gasteiger partial charge in [0.1, 0.15) is 0 Å². The van der Waals surface area contributed by atoms with Gasteiger partial charge in [0.25, 0.3) is 0 Å². The van der Waals surface area contributed by atoms with Gasteiger partial charge >= 0.3 is 0 Å². The van der Waals surface area contributed by atoms with Crippen molar-refractivity contribution in [3.05, 3.63) is 0 Å². The lowest BCUT2D eigenvalue weighted by atomic mass is 9.66. The molecule has 2 saturated carbocycles. The number of hydrogen-bond acceptors (Lipinski definition) is 1.